The van der Waals surface area contributed by atoms with Gasteiger partial charge in [0.05, 0.1) is 17.1 Å². The van der Waals surface area contributed by atoms with Gasteiger partial charge in [0.25, 0.3) is 0 Å². The average Bonchev–Trinajstić information content (AvgIpc) is 2.55. The molecule has 0 bridgehead atoms. The maximum absolute atomic E-state index is 5.59. The molecular formula is C11H13ClN4. The topological polar surface area (TPSA) is 56.2 Å². The quantitative estimate of drug-likeness (QED) is 0.493. The Balaban J connectivity index is 2.55. The van der Waals surface area contributed by atoms with Gasteiger partial charge in [0, 0.05) is 18.1 Å². The van der Waals surface area contributed by atoms with Crippen molar-refractivity contribution in [3.8, 4) is 0 Å². The number of nitrogens with two attached hydrogens (primary N) is 1. The van der Waals surface area contributed by atoms with E-state index in [0.717, 1.165) is 22.3 Å². The van der Waals surface area contributed by atoms with Crippen molar-refractivity contribution in [1.82, 2.24) is 9.78 Å². The van der Waals surface area contributed by atoms with Gasteiger partial charge in [-0.3, -0.25) is 4.68 Å². The first-order chi connectivity index (χ1) is 7.61. The van der Waals surface area contributed by atoms with Crippen molar-refractivity contribution in [2.75, 3.05) is 5.88 Å². The lowest BCUT2D eigenvalue weighted by atomic mass is 10.2. The van der Waals surface area contributed by atoms with Gasteiger partial charge in [-0.1, -0.05) is 0 Å². The van der Waals surface area contributed by atoms with Crippen LogP contribution in [0.25, 0.3) is 10.9 Å². The van der Waals surface area contributed by atoms with Crippen LogP contribution in [-0.2, 0) is 7.05 Å². The van der Waals surface area contributed by atoms with Crippen LogP contribution in [0.5, 0.6) is 0 Å². The second-order valence-corrected chi connectivity index (χ2v) is 3.91. The van der Waals surface area contributed by atoms with Crippen LogP contribution in [0, 0.1) is 6.92 Å². The Kier molecular flexibility index (Phi) is 2.83. The van der Waals surface area contributed by atoms with Gasteiger partial charge in [-0.15, -0.1) is 11.6 Å². The summed E-state index contributed by atoms with van der Waals surface area (Å²) in [7, 11) is 1.92. The zero-order valence-electron chi connectivity index (χ0n) is 9.24. The summed E-state index contributed by atoms with van der Waals surface area (Å²) in [6.07, 6.45) is 0. The van der Waals surface area contributed by atoms with Gasteiger partial charge >= 0.3 is 0 Å². The van der Waals surface area contributed by atoms with Gasteiger partial charge in [-0.05, 0) is 25.1 Å². The van der Waals surface area contributed by atoms with Crippen LogP contribution < -0.4 is 5.73 Å². The molecule has 0 radical (unpaired) electrons. The zero-order valence-corrected chi connectivity index (χ0v) is 9.99. The Labute approximate surface area is 98.7 Å². The summed E-state index contributed by atoms with van der Waals surface area (Å²) >= 11 is 5.58. The highest BCUT2D eigenvalue weighted by Gasteiger charge is 2.05. The monoisotopic (exact) mass is 236 g/mol. The van der Waals surface area contributed by atoms with Crippen LogP contribution in [0.1, 0.15) is 5.69 Å². The molecule has 16 heavy (non-hydrogen) atoms. The molecule has 0 aliphatic carbocycles. The fourth-order valence-electron chi connectivity index (χ4n) is 1.58. The minimum Gasteiger partial charge on any atom is -0.386 e. The van der Waals surface area contributed by atoms with Crippen LogP contribution >= 0.6 is 11.6 Å². The van der Waals surface area contributed by atoms with Gasteiger partial charge < -0.3 is 5.73 Å². The molecule has 2 N–H and O–H groups in total. The predicted octanol–water partition coefficient (Wildman–Crippen LogP) is 2.11. The molecule has 0 saturated heterocycles. The maximum atomic E-state index is 5.59. The van der Waals surface area contributed by atoms with Crippen LogP contribution in [0.2, 0.25) is 0 Å². The first-order valence-corrected chi connectivity index (χ1v) is 5.47. The van der Waals surface area contributed by atoms with E-state index in [9.17, 15) is 0 Å². The van der Waals surface area contributed by atoms with Crippen molar-refractivity contribution < 1.29 is 0 Å². The molecule has 0 aliphatic rings. The molecule has 0 saturated carbocycles. The van der Waals surface area contributed by atoms with Crippen LogP contribution in [0.15, 0.2) is 23.2 Å². The number of hydrogen-bond donors (Lipinski definition) is 1. The lowest BCUT2D eigenvalue weighted by Gasteiger charge is -1.97. The number of halogens is 1. The van der Waals surface area contributed by atoms with E-state index in [1.54, 1.807) is 0 Å². The molecule has 0 amide bonds. The molecule has 0 atom stereocenters. The number of benzene rings is 1. The van der Waals surface area contributed by atoms with Crippen LogP contribution in [0.3, 0.4) is 0 Å². The van der Waals surface area contributed by atoms with Gasteiger partial charge in [-0.2, -0.15) is 5.10 Å². The first kappa shape index (κ1) is 11.0. The van der Waals surface area contributed by atoms with E-state index in [4.69, 9.17) is 17.3 Å². The third-order valence-electron chi connectivity index (χ3n) is 2.52. The smallest absolute Gasteiger partial charge is 0.115 e. The number of fused-ring (bicyclic) bond motifs is 1. The van der Waals surface area contributed by atoms with Crippen molar-refractivity contribution in [3.05, 3.63) is 23.9 Å². The van der Waals surface area contributed by atoms with Crippen molar-refractivity contribution in [3.63, 3.8) is 0 Å². The summed E-state index contributed by atoms with van der Waals surface area (Å²) in [5, 5.41) is 5.45. The SMILES string of the molecule is Cc1c2cc(N=C(N)CCl)ccc2nn1C. The molecule has 0 aliphatic heterocycles. The average molecular weight is 237 g/mol. The third kappa shape index (κ3) is 1.88. The number of hydrogen-bond acceptors (Lipinski definition) is 2. The first-order valence-electron chi connectivity index (χ1n) is 4.94. The largest absolute Gasteiger partial charge is 0.386 e. The molecule has 5 heteroatoms. The highest BCUT2D eigenvalue weighted by molar-refractivity contribution is 6.28. The lowest BCUT2D eigenvalue weighted by Crippen LogP contribution is -2.12. The second-order valence-electron chi connectivity index (χ2n) is 3.65. The van der Waals surface area contributed by atoms with Gasteiger partial charge in [-0.25, -0.2) is 4.99 Å². The molecular weight excluding hydrogens is 224 g/mol. The highest BCUT2D eigenvalue weighted by atomic mass is 35.5. The molecule has 2 rings (SSSR count). The van der Waals surface area contributed by atoms with Crippen LogP contribution in [0.4, 0.5) is 5.69 Å². The highest BCUT2D eigenvalue weighted by Crippen LogP contribution is 2.23. The maximum Gasteiger partial charge on any atom is 0.115 e. The summed E-state index contributed by atoms with van der Waals surface area (Å²) in [4.78, 5) is 4.20. The number of aromatic nitrogens is 2. The van der Waals surface area contributed by atoms with Gasteiger partial charge in [0.2, 0.25) is 0 Å². The molecule has 0 spiro atoms. The Morgan fingerprint density at radius 3 is 3.00 bits per heavy atom. The van der Waals surface area contributed by atoms with Gasteiger partial charge in [0.1, 0.15) is 5.84 Å². The normalized spacial score (nSPS) is 12.3. The minimum absolute atomic E-state index is 0.240. The number of rotatable bonds is 2. The predicted molar refractivity (Wildman–Crippen MR) is 67.5 cm³/mol. The van der Waals surface area contributed by atoms with Crippen molar-refractivity contribution in [2.45, 2.75) is 6.92 Å². The van der Waals surface area contributed by atoms with Gasteiger partial charge in [0.15, 0.2) is 0 Å². The van der Waals surface area contributed by atoms with E-state index in [-0.39, 0.29) is 5.88 Å². The summed E-state index contributed by atoms with van der Waals surface area (Å²) in [6, 6.07) is 5.79. The fourth-order valence-corrected chi connectivity index (χ4v) is 1.64. The molecule has 4 nitrogen and oxygen atoms in total. The number of nitrogens with zero attached hydrogens (tertiary/aromatic N) is 3. The van der Waals surface area contributed by atoms with Crippen LogP contribution in [-0.4, -0.2) is 21.5 Å². The molecule has 1 aromatic carbocycles. The van der Waals surface area contributed by atoms with E-state index in [1.807, 2.05) is 36.9 Å². The van der Waals surface area contributed by atoms with Crippen molar-refractivity contribution in [2.24, 2.45) is 17.8 Å². The number of aryl methyl sites for hydroxylation is 2. The Hall–Kier alpha value is -1.55. The summed E-state index contributed by atoms with van der Waals surface area (Å²) in [6.45, 7) is 2.02. The molecule has 1 aromatic heterocycles. The van der Waals surface area contributed by atoms with E-state index < -0.39 is 0 Å². The third-order valence-corrected chi connectivity index (χ3v) is 2.80. The Morgan fingerprint density at radius 2 is 2.31 bits per heavy atom. The second kappa shape index (κ2) is 4.14. The lowest BCUT2D eigenvalue weighted by molar-refractivity contribution is 0.751. The van der Waals surface area contributed by atoms with E-state index in [2.05, 4.69) is 10.1 Å². The summed E-state index contributed by atoms with van der Waals surface area (Å²) in [5.74, 6) is 0.659. The minimum atomic E-state index is 0.240. The Bertz CT molecular complexity index is 556. The number of alkyl halides is 1. The molecule has 2 aromatic rings. The molecule has 84 valence electrons. The number of amidine groups is 1. The standard InChI is InChI=1S/C11H13ClN4/c1-7-9-5-8(14-11(13)6-12)3-4-10(9)15-16(7)2/h3-5H,6H2,1-2H3,(H2,13,14). The molecule has 0 unspecified atom stereocenters. The van der Waals surface area contributed by atoms with Crippen molar-refractivity contribution >= 4 is 34.0 Å². The molecule has 1 heterocycles. The Morgan fingerprint density at radius 1 is 1.56 bits per heavy atom. The van der Waals surface area contributed by atoms with Crippen molar-refractivity contribution in [1.29, 1.82) is 0 Å². The van der Waals surface area contributed by atoms with E-state index in [0.29, 0.717) is 5.84 Å². The summed E-state index contributed by atoms with van der Waals surface area (Å²) < 4.78 is 1.85. The summed E-state index contributed by atoms with van der Waals surface area (Å²) in [5.41, 5.74) is 8.47. The zero-order chi connectivity index (χ0) is 11.7. The van der Waals surface area contributed by atoms with E-state index >= 15 is 0 Å². The number of aliphatic imine (C=N–C) groups is 1. The van der Waals surface area contributed by atoms with E-state index in [1.165, 1.54) is 0 Å². The molecule has 0 fully saturated rings. The fraction of sp³-hybridized carbons (Fsp3) is 0.273.